The summed E-state index contributed by atoms with van der Waals surface area (Å²) in [5, 5.41) is 5.45. The number of carbonyl (C=O) groups excluding carboxylic acids is 2. The summed E-state index contributed by atoms with van der Waals surface area (Å²) in [5.74, 6) is -2.74. The Bertz CT molecular complexity index is 878. The normalized spacial score (nSPS) is 13.3. The van der Waals surface area contributed by atoms with Gasteiger partial charge in [0.25, 0.3) is 11.7 Å². The minimum atomic E-state index is -2.67. The van der Waals surface area contributed by atoms with Gasteiger partial charge in [-0.3, -0.25) is 9.59 Å². The third-order valence-corrected chi connectivity index (χ3v) is 5.15. The fraction of sp³-hybridized carbons (Fsp3) is 0.263. The van der Waals surface area contributed by atoms with Crippen LogP contribution >= 0.6 is 23.4 Å². The summed E-state index contributed by atoms with van der Waals surface area (Å²) in [6.07, 6.45) is 1.80. The fourth-order valence-electron chi connectivity index (χ4n) is 2.40. The summed E-state index contributed by atoms with van der Waals surface area (Å²) in [6.45, 7) is -0.328. The molecule has 2 N–H and O–H groups in total. The highest BCUT2D eigenvalue weighted by molar-refractivity contribution is 7.99. The van der Waals surface area contributed by atoms with Gasteiger partial charge in [0.2, 0.25) is 5.91 Å². The number of amides is 2. The number of hydrogen-bond acceptors (Lipinski definition) is 4. The maximum Gasteiger partial charge on any atom is 0.289 e. The lowest BCUT2D eigenvalue weighted by Gasteiger charge is -2.13. The van der Waals surface area contributed by atoms with E-state index in [9.17, 15) is 18.4 Å². The first-order valence-corrected chi connectivity index (χ1v) is 9.75. The summed E-state index contributed by atoms with van der Waals surface area (Å²) in [7, 11) is 0. The van der Waals surface area contributed by atoms with Crippen LogP contribution in [0.5, 0.6) is 5.75 Å². The van der Waals surface area contributed by atoms with Crippen molar-refractivity contribution in [1.29, 1.82) is 0 Å². The number of anilines is 2. The number of rotatable bonds is 8. The van der Waals surface area contributed by atoms with Crippen molar-refractivity contribution in [1.82, 2.24) is 0 Å². The number of hydrogen-bond donors (Lipinski definition) is 2. The third kappa shape index (κ3) is 5.84. The number of nitrogens with one attached hydrogen (secondary N) is 2. The Morgan fingerprint density at radius 3 is 2.64 bits per heavy atom. The van der Waals surface area contributed by atoms with E-state index >= 15 is 0 Å². The molecule has 0 aliphatic heterocycles. The molecule has 2 amide bonds. The van der Waals surface area contributed by atoms with E-state index in [-0.39, 0.29) is 45.8 Å². The second-order valence-electron chi connectivity index (χ2n) is 6.12. The maximum absolute atomic E-state index is 12.7. The zero-order chi connectivity index (χ0) is 20.1. The lowest BCUT2D eigenvalue weighted by atomic mass is 10.3. The van der Waals surface area contributed by atoms with Gasteiger partial charge in [-0.25, -0.2) is 0 Å². The van der Waals surface area contributed by atoms with Gasteiger partial charge in [-0.05, 0) is 37.1 Å². The topological polar surface area (TPSA) is 67.4 Å². The largest absolute Gasteiger partial charge is 0.484 e. The van der Waals surface area contributed by atoms with E-state index in [1.165, 1.54) is 12.1 Å². The van der Waals surface area contributed by atoms with Crippen molar-refractivity contribution in [2.45, 2.75) is 23.5 Å². The van der Waals surface area contributed by atoms with Crippen molar-refractivity contribution < 1.29 is 23.1 Å². The first kappa shape index (κ1) is 20.4. The Balaban J connectivity index is 1.57. The van der Waals surface area contributed by atoms with Gasteiger partial charge in [-0.1, -0.05) is 35.5 Å². The third-order valence-electron chi connectivity index (χ3n) is 3.87. The van der Waals surface area contributed by atoms with Crippen molar-refractivity contribution in [3.63, 3.8) is 0 Å². The van der Waals surface area contributed by atoms with Gasteiger partial charge in [0.15, 0.2) is 6.61 Å². The van der Waals surface area contributed by atoms with Crippen LogP contribution in [-0.2, 0) is 9.59 Å². The molecule has 1 aliphatic rings. The Morgan fingerprint density at radius 1 is 1.18 bits per heavy atom. The number of carbonyl (C=O) groups is 2. The van der Waals surface area contributed by atoms with Gasteiger partial charge in [-0.15, -0.1) is 0 Å². The molecule has 1 fully saturated rings. The molecule has 148 valence electrons. The number of ether oxygens (including phenoxy) is 1. The van der Waals surface area contributed by atoms with Gasteiger partial charge < -0.3 is 15.4 Å². The van der Waals surface area contributed by atoms with E-state index in [0.717, 1.165) is 12.8 Å². The van der Waals surface area contributed by atoms with Crippen molar-refractivity contribution in [3.05, 3.63) is 47.5 Å². The van der Waals surface area contributed by atoms with E-state index in [0.29, 0.717) is 11.4 Å². The van der Waals surface area contributed by atoms with Gasteiger partial charge in [0, 0.05) is 17.7 Å². The van der Waals surface area contributed by atoms with Gasteiger partial charge in [-0.2, -0.15) is 8.78 Å². The number of benzene rings is 2. The Kier molecular flexibility index (Phi) is 6.74. The van der Waals surface area contributed by atoms with E-state index in [2.05, 4.69) is 10.6 Å². The van der Waals surface area contributed by atoms with E-state index in [1.54, 1.807) is 30.3 Å². The lowest BCUT2D eigenvalue weighted by molar-refractivity contribution is -0.118. The Morgan fingerprint density at radius 2 is 1.93 bits per heavy atom. The van der Waals surface area contributed by atoms with Crippen LogP contribution in [0.25, 0.3) is 0 Å². The van der Waals surface area contributed by atoms with Gasteiger partial charge in [0.1, 0.15) is 5.75 Å². The molecule has 28 heavy (non-hydrogen) atoms. The average molecular weight is 427 g/mol. The summed E-state index contributed by atoms with van der Waals surface area (Å²) >= 11 is 6.21. The molecular weight excluding hydrogens is 410 g/mol. The summed E-state index contributed by atoms with van der Waals surface area (Å²) in [4.78, 5) is 24.1. The number of thioether (sulfide) groups is 1. The molecule has 1 saturated carbocycles. The molecule has 0 radical (unpaired) electrons. The highest BCUT2D eigenvalue weighted by Gasteiger charge is 2.29. The molecule has 0 saturated heterocycles. The number of alkyl halides is 2. The smallest absolute Gasteiger partial charge is 0.289 e. The molecule has 0 aromatic heterocycles. The van der Waals surface area contributed by atoms with Crippen molar-refractivity contribution >= 4 is 46.6 Å². The standard InChI is InChI=1S/C19H17ClF2N2O3S/c20-14-5-2-6-15(17(14)28-19(21)22)24-16(25)10-27-13-4-1-3-12(9-13)23-18(26)11-7-8-11/h1-6,9,11,19H,7-8,10H2,(H,23,26)(H,24,25). The van der Waals surface area contributed by atoms with Crippen LogP contribution in [0.3, 0.4) is 0 Å². The molecule has 0 heterocycles. The quantitative estimate of drug-likeness (QED) is 0.581. The van der Waals surface area contributed by atoms with Crippen LogP contribution in [0.15, 0.2) is 47.4 Å². The number of halogens is 3. The van der Waals surface area contributed by atoms with Crippen LogP contribution in [0, 0.1) is 5.92 Å². The summed E-state index contributed by atoms with van der Waals surface area (Å²) in [5.41, 5.74) is 0.775. The molecule has 1 aliphatic carbocycles. The van der Waals surface area contributed by atoms with Crippen LogP contribution in [0.2, 0.25) is 5.02 Å². The van der Waals surface area contributed by atoms with Crippen molar-refractivity contribution in [2.24, 2.45) is 5.92 Å². The summed E-state index contributed by atoms with van der Waals surface area (Å²) < 4.78 is 30.9. The molecule has 2 aromatic rings. The van der Waals surface area contributed by atoms with Crippen molar-refractivity contribution in [3.8, 4) is 5.75 Å². The monoisotopic (exact) mass is 426 g/mol. The highest BCUT2D eigenvalue weighted by Crippen LogP contribution is 2.37. The minimum absolute atomic E-state index is 0.0279. The molecule has 3 rings (SSSR count). The minimum Gasteiger partial charge on any atom is -0.484 e. The SMILES string of the molecule is O=C(COc1cccc(NC(=O)C2CC2)c1)Nc1cccc(Cl)c1SC(F)F. The second-order valence-corrected chi connectivity index (χ2v) is 7.53. The first-order valence-electron chi connectivity index (χ1n) is 8.49. The highest BCUT2D eigenvalue weighted by atomic mass is 35.5. The molecule has 0 spiro atoms. The Labute approximate surface area is 169 Å². The molecule has 9 heteroatoms. The van der Waals surface area contributed by atoms with Gasteiger partial charge >= 0.3 is 0 Å². The molecule has 2 aromatic carbocycles. The van der Waals surface area contributed by atoms with Gasteiger partial charge in [0.05, 0.1) is 15.6 Å². The maximum atomic E-state index is 12.7. The molecule has 0 unspecified atom stereocenters. The fourth-order valence-corrected chi connectivity index (χ4v) is 3.32. The van der Waals surface area contributed by atoms with Crippen LogP contribution in [0.1, 0.15) is 12.8 Å². The predicted octanol–water partition coefficient (Wildman–Crippen LogP) is 5.02. The first-order chi connectivity index (χ1) is 13.4. The zero-order valence-corrected chi connectivity index (χ0v) is 16.2. The second kappa shape index (κ2) is 9.25. The zero-order valence-electron chi connectivity index (χ0n) is 14.6. The Hall–Kier alpha value is -2.32. The van der Waals surface area contributed by atoms with Crippen LogP contribution < -0.4 is 15.4 Å². The van der Waals surface area contributed by atoms with E-state index < -0.39 is 11.7 Å². The molecule has 0 atom stereocenters. The predicted molar refractivity (Wildman–Crippen MR) is 105 cm³/mol. The molecular formula is C19H17ClF2N2O3S. The molecule has 0 bridgehead atoms. The lowest BCUT2D eigenvalue weighted by Crippen LogP contribution is -2.20. The van der Waals surface area contributed by atoms with Crippen LogP contribution in [0.4, 0.5) is 20.2 Å². The van der Waals surface area contributed by atoms with Crippen molar-refractivity contribution in [2.75, 3.05) is 17.2 Å². The van der Waals surface area contributed by atoms with E-state index in [4.69, 9.17) is 16.3 Å². The van der Waals surface area contributed by atoms with Crippen LogP contribution in [-0.4, -0.2) is 24.2 Å². The van der Waals surface area contributed by atoms with E-state index in [1.807, 2.05) is 0 Å². The molecule has 5 nitrogen and oxygen atoms in total. The summed E-state index contributed by atoms with van der Waals surface area (Å²) in [6, 6.07) is 11.2. The average Bonchev–Trinajstić information content (AvgIpc) is 3.48.